The molecule has 3 aromatic rings. The van der Waals surface area contributed by atoms with E-state index in [9.17, 15) is 14.4 Å². The number of amides is 2. The van der Waals surface area contributed by atoms with Crippen LogP contribution in [0.1, 0.15) is 40.1 Å². The third-order valence-electron chi connectivity index (χ3n) is 6.00. The molecule has 0 bridgehead atoms. The molecular formula is C27H24ClFN2O4. The molecule has 1 aliphatic rings. The summed E-state index contributed by atoms with van der Waals surface area (Å²) in [6.45, 7) is 3.99. The van der Waals surface area contributed by atoms with Crippen molar-refractivity contribution >= 4 is 35.1 Å². The fourth-order valence-electron chi connectivity index (χ4n) is 4.23. The summed E-state index contributed by atoms with van der Waals surface area (Å²) in [6.07, 6.45) is 0. The number of fused-ring (bicyclic) bond motifs is 1. The van der Waals surface area contributed by atoms with Crippen LogP contribution in [0, 0.1) is 11.7 Å². The lowest BCUT2D eigenvalue weighted by atomic mass is 9.99. The predicted octanol–water partition coefficient (Wildman–Crippen LogP) is 5.55. The SMILES string of the molecule is COC(=O)C(C(C)C)N1Cc2ccc(-c3ccc(NC(=O)c4ccc(Cl)cc4)cc3F)cc2C1=O. The van der Waals surface area contributed by atoms with Gasteiger partial charge in [-0.05, 0) is 65.6 Å². The Morgan fingerprint density at radius 1 is 1.03 bits per heavy atom. The summed E-state index contributed by atoms with van der Waals surface area (Å²) in [7, 11) is 1.30. The molecule has 0 saturated heterocycles. The Bertz CT molecular complexity index is 1310. The second-order valence-electron chi connectivity index (χ2n) is 8.67. The van der Waals surface area contributed by atoms with Crippen molar-refractivity contribution in [1.82, 2.24) is 4.90 Å². The van der Waals surface area contributed by atoms with Gasteiger partial charge in [-0.25, -0.2) is 9.18 Å². The van der Waals surface area contributed by atoms with Gasteiger partial charge in [-0.1, -0.05) is 37.6 Å². The monoisotopic (exact) mass is 494 g/mol. The minimum Gasteiger partial charge on any atom is -0.467 e. The van der Waals surface area contributed by atoms with Crippen molar-refractivity contribution in [2.75, 3.05) is 12.4 Å². The summed E-state index contributed by atoms with van der Waals surface area (Å²) in [5.74, 6) is -1.83. The van der Waals surface area contributed by atoms with Gasteiger partial charge in [0, 0.05) is 33.9 Å². The van der Waals surface area contributed by atoms with Crippen molar-refractivity contribution in [3.8, 4) is 11.1 Å². The topological polar surface area (TPSA) is 75.7 Å². The van der Waals surface area contributed by atoms with Crippen molar-refractivity contribution in [3.05, 3.63) is 88.2 Å². The van der Waals surface area contributed by atoms with E-state index in [1.165, 1.54) is 18.1 Å². The molecule has 6 nitrogen and oxygen atoms in total. The quantitative estimate of drug-likeness (QED) is 0.456. The smallest absolute Gasteiger partial charge is 0.328 e. The Balaban J connectivity index is 1.56. The molecule has 3 aromatic carbocycles. The first-order valence-electron chi connectivity index (χ1n) is 11.1. The molecule has 0 fully saturated rings. The summed E-state index contributed by atoms with van der Waals surface area (Å²) in [5.41, 5.74) is 2.69. The first-order chi connectivity index (χ1) is 16.7. The predicted molar refractivity (Wildman–Crippen MR) is 132 cm³/mol. The molecule has 35 heavy (non-hydrogen) atoms. The molecule has 180 valence electrons. The van der Waals surface area contributed by atoms with Gasteiger partial charge >= 0.3 is 5.97 Å². The number of esters is 1. The third kappa shape index (κ3) is 4.91. The highest BCUT2D eigenvalue weighted by Crippen LogP contribution is 2.33. The van der Waals surface area contributed by atoms with Gasteiger partial charge in [0.25, 0.3) is 11.8 Å². The Morgan fingerprint density at radius 3 is 2.37 bits per heavy atom. The van der Waals surface area contributed by atoms with Crippen LogP contribution in [0.2, 0.25) is 5.02 Å². The van der Waals surface area contributed by atoms with Gasteiger partial charge < -0.3 is 15.0 Å². The highest BCUT2D eigenvalue weighted by Gasteiger charge is 2.38. The van der Waals surface area contributed by atoms with Gasteiger partial charge in [-0.15, -0.1) is 0 Å². The van der Waals surface area contributed by atoms with E-state index in [1.54, 1.807) is 54.6 Å². The van der Waals surface area contributed by atoms with Crippen LogP contribution in [0.5, 0.6) is 0 Å². The van der Waals surface area contributed by atoms with E-state index in [0.717, 1.165) is 5.56 Å². The Kier molecular flexibility index (Phi) is 6.89. The first kappa shape index (κ1) is 24.4. The van der Waals surface area contributed by atoms with E-state index in [2.05, 4.69) is 5.32 Å². The average molecular weight is 495 g/mol. The Hall–Kier alpha value is -3.71. The molecule has 2 amide bonds. The molecule has 1 atom stereocenters. The van der Waals surface area contributed by atoms with Gasteiger partial charge in [-0.2, -0.15) is 0 Å². The van der Waals surface area contributed by atoms with Crippen LogP contribution in [0.15, 0.2) is 60.7 Å². The number of benzene rings is 3. The molecule has 0 spiro atoms. The van der Waals surface area contributed by atoms with Crippen LogP contribution in [0.25, 0.3) is 11.1 Å². The minimum atomic E-state index is -0.705. The number of nitrogens with zero attached hydrogens (tertiary/aromatic N) is 1. The molecular weight excluding hydrogens is 471 g/mol. The van der Waals surface area contributed by atoms with E-state index in [1.807, 2.05) is 13.8 Å². The Labute approximate surface area is 207 Å². The van der Waals surface area contributed by atoms with E-state index in [-0.39, 0.29) is 29.8 Å². The van der Waals surface area contributed by atoms with Gasteiger partial charge in [0.05, 0.1) is 7.11 Å². The first-order valence-corrected chi connectivity index (χ1v) is 11.5. The van der Waals surface area contributed by atoms with E-state index in [4.69, 9.17) is 16.3 Å². The minimum absolute atomic E-state index is 0.131. The van der Waals surface area contributed by atoms with Crippen molar-refractivity contribution in [1.29, 1.82) is 0 Å². The molecule has 0 radical (unpaired) electrons. The van der Waals surface area contributed by atoms with Crippen LogP contribution in [-0.2, 0) is 16.1 Å². The standard InChI is InChI=1S/C27H24ClFN2O4/c1-15(2)24(27(34)35-3)31-14-18-5-4-17(12-22(18)26(31)33)21-11-10-20(13-23(21)29)30-25(32)16-6-8-19(28)9-7-16/h4-13,15,24H,14H2,1-3H3,(H,30,32). The van der Waals surface area contributed by atoms with Crippen LogP contribution in [0.3, 0.4) is 0 Å². The third-order valence-corrected chi connectivity index (χ3v) is 6.25. The fraction of sp³-hybridized carbons (Fsp3) is 0.222. The molecule has 4 rings (SSSR count). The molecule has 1 heterocycles. The van der Waals surface area contributed by atoms with E-state index < -0.39 is 17.8 Å². The van der Waals surface area contributed by atoms with Crippen LogP contribution in [-0.4, -0.2) is 35.8 Å². The maximum absolute atomic E-state index is 15.0. The Morgan fingerprint density at radius 2 is 1.74 bits per heavy atom. The van der Waals surface area contributed by atoms with Gasteiger partial charge in [0.1, 0.15) is 11.9 Å². The van der Waals surface area contributed by atoms with E-state index >= 15 is 4.39 Å². The maximum atomic E-state index is 15.0. The van der Waals surface area contributed by atoms with Gasteiger partial charge in [0.15, 0.2) is 0 Å². The number of hydrogen-bond donors (Lipinski definition) is 1. The van der Waals surface area contributed by atoms with Crippen molar-refractivity contribution < 1.29 is 23.5 Å². The highest BCUT2D eigenvalue weighted by atomic mass is 35.5. The molecule has 1 aliphatic heterocycles. The van der Waals surface area contributed by atoms with Crippen molar-refractivity contribution in [3.63, 3.8) is 0 Å². The summed E-state index contributed by atoms with van der Waals surface area (Å²) in [6, 6.07) is 15.2. The fourth-order valence-corrected chi connectivity index (χ4v) is 4.35. The molecule has 1 N–H and O–H groups in total. The summed E-state index contributed by atoms with van der Waals surface area (Å²) in [4.78, 5) is 39.3. The zero-order valence-corrected chi connectivity index (χ0v) is 20.2. The number of hydrogen-bond acceptors (Lipinski definition) is 4. The lowest BCUT2D eigenvalue weighted by Crippen LogP contribution is -2.45. The number of carbonyl (C=O) groups is 3. The lowest BCUT2D eigenvalue weighted by molar-refractivity contribution is -0.147. The zero-order chi connectivity index (χ0) is 25.3. The lowest BCUT2D eigenvalue weighted by Gasteiger charge is -2.28. The normalized spacial score (nSPS) is 13.5. The molecule has 1 unspecified atom stereocenters. The maximum Gasteiger partial charge on any atom is 0.328 e. The van der Waals surface area contributed by atoms with Gasteiger partial charge in [-0.3, -0.25) is 9.59 Å². The molecule has 8 heteroatoms. The number of anilines is 1. The second kappa shape index (κ2) is 9.88. The second-order valence-corrected chi connectivity index (χ2v) is 9.11. The summed E-state index contributed by atoms with van der Waals surface area (Å²) in [5, 5.41) is 3.18. The highest BCUT2D eigenvalue weighted by molar-refractivity contribution is 6.30. The number of ether oxygens (including phenoxy) is 1. The van der Waals surface area contributed by atoms with Crippen molar-refractivity contribution in [2.24, 2.45) is 5.92 Å². The van der Waals surface area contributed by atoms with Crippen molar-refractivity contribution in [2.45, 2.75) is 26.4 Å². The number of carbonyl (C=O) groups excluding carboxylic acids is 3. The zero-order valence-electron chi connectivity index (χ0n) is 19.5. The molecule has 0 aliphatic carbocycles. The van der Waals surface area contributed by atoms with E-state index in [0.29, 0.717) is 27.4 Å². The van der Waals surface area contributed by atoms with Crippen LogP contribution in [0.4, 0.5) is 10.1 Å². The van der Waals surface area contributed by atoms with Crippen LogP contribution < -0.4 is 5.32 Å². The number of rotatable bonds is 6. The largest absolute Gasteiger partial charge is 0.467 e. The number of nitrogens with one attached hydrogen (secondary N) is 1. The number of halogens is 2. The van der Waals surface area contributed by atoms with Crippen LogP contribution >= 0.6 is 11.6 Å². The average Bonchev–Trinajstić information content (AvgIpc) is 3.14. The van der Waals surface area contributed by atoms with Gasteiger partial charge in [0.2, 0.25) is 0 Å². The number of methoxy groups -OCH3 is 1. The molecule has 0 aromatic heterocycles. The summed E-state index contributed by atoms with van der Waals surface area (Å²) >= 11 is 5.85. The molecule has 0 saturated carbocycles. The summed E-state index contributed by atoms with van der Waals surface area (Å²) < 4.78 is 19.9.